The van der Waals surface area contributed by atoms with Crippen molar-refractivity contribution in [3.8, 4) is 5.75 Å². The maximum atomic E-state index is 5.83. The molecule has 0 aromatic heterocycles. The van der Waals surface area contributed by atoms with Gasteiger partial charge in [-0.25, -0.2) is 0 Å². The van der Waals surface area contributed by atoms with Gasteiger partial charge >= 0.3 is 0 Å². The van der Waals surface area contributed by atoms with Gasteiger partial charge in [0.25, 0.3) is 0 Å². The first-order chi connectivity index (χ1) is 8.17. The number of rotatable bonds is 7. The smallest absolute Gasteiger partial charge is 0.120 e. The van der Waals surface area contributed by atoms with Crippen LogP contribution in [0.4, 0.5) is 0 Å². The molecule has 1 aromatic carbocycles. The first kappa shape index (κ1) is 14.0. The molecule has 1 rings (SSSR count). The maximum absolute atomic E-state index is 5.83. The molecule has 0 radical (unpaired) electrons. The summed E-state index contributed by atoms with van der Waals surface area (Å²) in [4.78, 5) is 0. The van der Waals surface area contributed by atoms with Crippen LogP contribution in [0.25, 0.3) is 0 Å². The predicted molar refractivity (Wildman–Crippen MR) is 73.5 cm³/mol. The van der Waals surface area contributed by atoms with Crippen molar-refractivity contribution in [3.05, 3.63) is 29.8 Å². The molecule has 17 heavy (non-hydrogen) atoms. The Balaban J connectivity index is 2.64. The van der Waals surface area contributed by atoms with Gasteiger partial charge in [0.15, 0.2) is 0 Å². The number of benzene rings is 1. The molecule has 0 bridgehead atoms. The van der Waals surface area contributed by atoms with Crippen molar-refractivity contribution >= 4 is 0 Å². The first-order valence-electron chi connectivity index (χ1n) is 6.67. The highest BCUT2D eigenvalue weighted by molar-refractivity contribution is 5.30. The molecule has 2 heteroatoms. The van der Waals surface area contributed by atoms with Gasteiger partial charge in [0, 0.05) is 6.04 Å². The lowest BCUT2D eigenvalue weighted by molar-refractivity contribution is 0.217. The summed E-state index contributed by atoms with van der Waals surface area (Å²) in [5.74, 6) is 0.974. The topological polar surface area (TPSA) is 21.3 Å². The van der Waals surface area contributed by atoms with Gasteiger partial charge in [-0.1, -0.05) is 26.0 Å². The minimum atomic E-state index is 0.282. The largest absolute Gasteiger partial charge is 0.491 e. The van der Waals surface area contributed by atoms with Gasteiger partial charge in [0.05, 0.1) is 6.10 Å². The van der Waals surface area contributed by atoms with Gasteiger partial charge < -0.3 is 10.1 Å². The van der Waals surface area contributed by atoms with Crippen molar-refractivity contribution in [1.29, 1.82) is 0 Å². The van der Waals surface area contributed by atoms with E-state index in [1.807, 2.05) is 6.07 Å². The van der Waals surface area contributed by atoms with Crippen LogP contribution in [0.2, 0.25) is 0 Å². The highest BCUT2D eigenvalue weighted by Crippen LogP contribution is 2.20. The van der Waals surface area contributed by atoms with E-state index in [0.717, 1.165) is 25.1 Å². The molecule has 0 spiro atoms. The van der Waals surface area contributed by atoms with E-state index in [0.29, 0.717) is 6.04 Å². The minimum Gasteiger partial charge on any atom is -0.491 e. The van der Waals surface area contributed by atoms with E-state index in [-0.39, 0.29) is 6.10 Å². The van der Waals surface area contributed by atoms with Crippen molar-refractivity contribution < 1.29 is 4.74 Å². The van der Waals surface area contributed by atoms with E-state index in [4.69, 9.17) is 4.74 Å². The van der Waals surface area contributed by atoms with Gasteiger partial charge in [-0.2, -0.15) is 0 Å². The van der Waals surface area contributed by atoms with Gasteiger partial charge in [-0.15, -0.1) is 0 Å². The molecule has 1 N–H and O–H groups in total. The van der Waals surface area contributed by atoms with Crippen molar-refractivity contribution in [2.45, 2.75) is 52.7 Å². The molecule has 0 amide bonds. The SMILES string of the molecule is CCCN[C@@H](C)c1cccc(O[C@H](C)CC)c1. The zero-order valence-electron chi connectivity index (χ0n) is 11.5. The molecule has 1 aromatic rings. The lowest BCUT2D eigenvalue weighted by atomic mass is 10.1. The van der Waals surface area contributed by atoms with Gasteiger partial charge in [0.2, 0.25) is 0 Å². The molecule has 2 atom stereocenters. The van der Waals surface area contributed by atoms with Crippen LogP contribution in [-0.4, -0.2) is 12.6 Å². The Bertz CT molecular complexity index is 324. The summed E-state index contributed by atoms with van der Waals surface area (Å²) in [5, 5.41) is 3.49. The molecule has 2 nitrogen and oxygen atoms in total. The fraction of sp³-hybridized carbons (Fsp3) is 0.600. The number of nitrogens with one attached hydrogen (secondary N) is 1. The third-order valence-corrected chi connectivity index (χ3v) is 2.97. The fourth-order valence-electron chi connectivity index (χ4n) is 1.65. The van der Waals surface area contributed by atoms with Crippen molar-refractivity contribution in [2.75, 3.05) is 6.54 Å². The Kier molecular flexibility index (Phi) is 6.06. The summed E-state index contributed by atoms with van der Waals surface area (Å²) < 4.78 is 5.83. The third-order valence-electron chi connectivity index (χ3n) is 2.97. The van der Waals surface area contributed by atoms with Gasteiger partial charge in [0.1, 0.15) is 5.75 Å². The van der Waals surface area contributed by atoms with Crippen molar-refractivity contribution in [2.24, 2.45) is 0 Å². The summed E-state index contributed by atoms with van der Waals surface area (Å²) in [5.41, 5.74) is 1.29. The number of hydrogen-bond donors (Lipinski definition) is 1. The van der Waals surface area contributed by atoms with E-state index in [9.17, 15) is 0 Å². The molecule has 0 aliphatic heterocycles. The Morgan fingerprint density at radius 2 is 2.00 bits per heavy atom. The maximum Gasteiger partial charge on any atom is 0.120 e. The van der Waals surface area contributed by atoms with Crippen molar-refractivity contribution in [3.63, 3.8) is 0 Å². The molecule has 0 unspecified atom stereocenters. The van der Waals surface area contributed by atoms with E-state index in [1.165, 1.54) is 5.56 Å². The highest BCUT2D eigenvalue weighted by Gasteiger charge is 2.06. The second-order valence-electron chi connectivity index (χ2n) is 4.59. The lowest BCUT2D eigenvalue weighted by Crippen LogP contribution is -2.19. The average molecular weight is 235 g/mol. The Morgan fingerprint density at radius 1 is 1.24 bits per heavy atom. The normalized spacial score (nSPS) is 14.4. The number of ether oxygens (including phenoxy) is 1. The van der Waals surface area contributed by atoms with Crippen LogP contribution in [0.3, 0.4) is 0 Å². The second-order valence-corrected chi connectivity index (χ2v) is 4.59. The molecular weight excluding hydrogens is 210 g/mol. The van der Waals surface area contributed by atoms with Crippen molar-refractivity contribution in [1.82, 2.24) is 5.32 Å². The molecule has 0 saturated heterocycles. The Morgan fingerprint density at radius 3 is 2.65 bits per heavy atom. The summed E-state index contributed by atoms with van der Waals surface area (Å²) in [6.45, 7) is 9.67. The van der Waals surface area contributed by atoms with E-state index >= 15 is 0 Å². The van der Waals surface area contributed by atoms with Crippen LogP contribution in [0.15, 0.2) is 24.3 Å². The zero-order chi connectivity index (χ0) is 12.7. The molecule has 0 saturated carbocycles. The molecule has 0 aliphatic rings. The van der Waals surface area contributed by atoms with Crippen LogP contribution in [0.1, 0.15) is 52.1 Å². The van der Waals surface area contributed by atoms with E-state index in [1.54, 1.807) is 0 Å². The van der Waals surface area contributed by atoms with Gasteiger partial charge in [-0.05, 0) is 50.9 Å². The third kappa shape index (κ3) is 4.78. The molecule has 0 heterocycles. The fourth-order valence-corrected chi connectivity index (χ4v) is 1.65. The monoisotopic (exact) mass is 235 g/mol. The Labute approximate surface area is 105 Å². The summed E-state index contributed by atoms with van der Waals surface area (Å²) >= 11 is 0. The minimum absolute atomic E-state index is 0.282. The predicted octanol–water partition coefficient (Wildman–Crippen LogP) is 3.92. The Hall–Kier alpha value is -1.02. The van der Waals surface area contributed by atoms with Crippen LogP contribution < -0.4 is 10.1 Å². The highest BCUT2D eigenvalue weighted by atomic mass is 16.5. The molecule has 0 aliphatic carbocycles. The average Bonchev–Trinajstić information content (AvgIpc) is 2.36. The van der Waals surface area contributed by atoms with Crippen LogP contribution in [0.5, 0.6) is 5.75 Å². The van der Waals surface area contributed by atoms with E-state index in [2.05, 4.69) is 51.2 Å². The quantitative estimate of drug-likeness (QED) is 0.773. The van der Waals surface area contributed by atoms with E-state index < -0.39 is 0 Å². The summed E-state index contributed by atoms with van der Waals surface area (Å²) in [6, 6.07) is 8.77. The van der Waals surface area contributed by atoms with Crippen LogP contribution in [-0.2, 0) is 0 Å². The van der Waals surface area contributed by atoms with Crippen LogP contribution >= 0.6 is 0 Å². The number of hydrogen-bond acceptors (Lipinski definition) is 2. The summed E-state index contributed by atoms with van der Waals surface area (Å²) in [6.07, 6.45) is 2.48. The first-order valence-corrected chi connectivity index (χ1v) is 6.67. The summed E-state index contributed by atoms with van der Waals surface area (Å²) in [7, 11) is 0. The lowest BCUT2D eigenvalue weighted by Gasteiger charge is -2.17. The standard InChI is InChI=1S/C15H25NO/c1-5-10-16-13(4)14-8-7-9-15(11-14)17-12(3)6-2/h7-9,11-13,16H,5-6,10H2,1-4H3/t12-,13+/m1/s1. The zero-order valence-corrected chi connectivity index (χ0v) is 11.5. The molecule has 0 fully saturated rings. The van der Waals surface area contributed by atoms with Gasteiger partial charge in [-0.3, -0.25) is 0 Å². The molecule has 96 valence electrons. The second kappa shape index (κ2) is 7.33. The van der Waals surface area contributed by atoms with Crippen LogP contribution in [0, 0.1) is 0 Å². The molecular formula is C15H25NO.